The van der Waals surface area contributed by atoms with Crippen LogP contribution in [0, 0.1) is 6.92 Å². The van der Waals surface area contributed by atoms with Crippen LogP contribution >= 0.6 is 24.0 Å². The first kappa shape index (κ1) is 23.7. The van der Waals surface area contributed by atoms with Gasteiger partial charge in [-0.05, 0) is 39.7 Å². The third-order valence-electron chi connectivity index (χ3n) is 5.38. The van der Waals surface area contributed by atoms with Crippen molar-refractivity contribution in [3.63, 3.8) is 0 Å². The lowest BCUT2D eigenvalue weighted by Crippen LogP contribution is -2.41. The van der Waals surface area contributed by atoms with Crippen molar-refractivity contribution in [1.82, 2.24) is 20.5 Å². The first-order chi connectivity index (χ1) is 13.7. The Bertz CT molecular complexity index is 759. The number of benzene rings is 1. The monoisotopic (exact) mass is 511 g/mol. The molecular weight excluding hydrogens is 477 g/mol. The van der Waals surface area contributed by atoms with Crippen LogP contribution in [0.2, 0.25) is 0 Å². The molecule has 0 radical (unpaired) electrons. The molecular formula is C22H34IN5O. The molecule has 1 aromatic heterocycles. The Balaban J connectivity index is 0.00000300. The van der Waals surface area contributed by atoms with E-state index < -0.39 is 0 Å². The minimum Gasteiger partial charge on any atom is -0.439 e. The topological polar surface area (TPSA) is 65.7 Å². The number of hydrogen-bond acceptors (Lipinski definition) is 4. The summed E-state index contributed by atoms with van der Waals surface area (Å²) in [6.45, 7) is 8.21. The van der Waals surface area contributed by atoms with Gasteiger partial charge >= 0.3 is 0 Å². The molecule has 1 fully saturated rings. The molecule has 0 saturated carbocycles. The normalized spacial score (nSPS) is 17.6. The number of aryl methyl sites for hydroxylation is 1. The fraction of sp³-hybridized carbons (Fsp3) is 0.545. The average Bonchev–Trinajstić information content (AvgIpc) is 3.18. The number of nitrogens with one attached hydrogen (secondary N) is 2. The van der Waals surface area contributed by atoms with Crippen molar-refractivity contribution in [2.75, 3.05) is 26.7 Å². The Morgan fingerprint density at radius 3 is 2.76 bits per heavy atom. The Hall–Kier alpha value is -1.61. The van der Waals surface area contributed by atoms with Crippen molar-refractivity contribution >= 4 is 29.9 Å². The molecule has 0 spiro atoms. The van der Waals surface area contributed by atoms with Crippen molar-refractivity contribution in [3.05, 3.63) is 41.9 Å². The Labute approximate surface area is 191 Å². The minimum atomic E-state index is 0. The number of likely N-dealkylation sites (tertiary alicyclic amines) is 1. The van der Waals surface area contributed by atoms with Crippen LogP contribution in [-0.4, -0.2) is 48.6 Å². The molecule has 0 amide bonds. The number of halogens is 1. The van der Waals surface area contributed by atoms with E-state index in [4.69, 9.17) is 4.42 Å². The molecule has 160 valence electrons. The van der Waals surface area contributed by atoms with Crippen molar-refractivity contribution in [1.29, 1.82) is 0 Å². The summed E-state index contributed by atoms with van der Waals surface area (Å²) in [5, 5.41) is 6.66. The number of piperidine rings is 1. The van der Waals surface area contributed by atoms with Gasteiger partial charge in [-0.1, -0.05) is 36.2 Å². The highest BCUT2D eigenvalue weighted by molar-refractivity contribution is 14.0. The van der Waals surface area contributed by atoms with E-state index in [1.165, 1.54) is 31.4 Å². The van der Waals surface area contributed by atoms with E-state index in [0.717, 1.165) is 42.8 Å². The van der Waals surface area contributed by atoms with Crippen molar-refractivity contribution in [3.8, 4) is 11.3 Å². The molecule has 7 heteroatoms. The number of rotatable bonds is 7. The molecule has 1 aromatic carbocycles. The van der Waals surface area contributed by atoms with Crippen LogP contribution in [0.15, 0.2) is 39.9 Å². The van der Waals surface area contributed by atoms with E-state index >= 15 is 0 Å². The summed E-state index contributed by atoms with van der Waals surface area (Å²) >= 11 is 0. The number of nitrogens with zero attached hydrogens (tertiary/aromatic N) is 3. The Morgan fingerprint density at radius 2 is 2.03 bits per heavy atom. The van der Waals surface area contributed by atoms with Gasteiger partial charge in [0.25, 0.3) is 0 Å². The van der Waals surface area contributed by atoms with E-state index in [1.807, 2.05) is 0 Å². The second-order valence-corrected chi connectivity index (χ2v) is 7.57. The van der Waals surface area contributed by atoms with Gasteiger partial charge in [-0.3, -0.25) is 4.99 Å². The summed E-state index contributed by atoms with van der Waals surface area (Å²) < 4.78 is 5.86. The molecule has 0 aliphatic carbocycles. The smallest absolute Gasteiger partial charge is 0.214 e. The number of aromatic nitrogens is 1. The first-order valence-corrected chi connectivity index (χ1v) is 10.4. The summed E-state index contributed by atoms with van der Waals surface area (Å²) in [5.74, 6) is 2.22. The maximum absolute atomic E-state index is 5.86. The highest BCUT2D eigenvalue weighted by atomic mass is 127. The van der Waals surface area contributed by atoms with Crippen LogP contribution in [0.5, 0.6) is 0 Å². The van der Waals surface area contributed by atoms with E-state index in [2.05, 4.69) is 63.6 Å². The van der Waals surface area contributed by atoms with Crippen LogP contribution in [0.4, 0.5) is 0 Å². The molecule has 2 heterocycles. The van der Waals surface area contributed by atoms with E-state index in [-0.39, 0.29) is 24.0 Å². The fourth-order valence-electron chi connectivity index (χ4n) is 3.60. The van der Waals surface area contributed by atoms with Crippen LogP contribution in [0.25, 0.3) is 11.3 Å². The van der Waals surface area contributed by atoms with Gasteiger partial charge in [0.05, 0.1) is 12.7 Å². The van der Waals surface area contributed by atoms with Crippen LogP contribution < -0.4 is 10.6 Å². The van der Waals surface area contributed by atoms with E-state index in [1.54, 1.807) is 13.2 Å². The van der Waals surface area contributed by atoms with Gasteiger partial charge in [0.1, 0.15) is 0 Å². The zero-order valence-electron chi connectivity index (χ0n) is 17.8. The molecule has 2 N–H and O–H groups in total. The third-order valence-corrected chi connectivity index (χ3v) is 5.38. The maximum Gasteiger partial charge on any atom is 0.214 e. The standard InChI is InChI=1S/C22H33N5O.HI/c1-17-8-10-19(11-9-17)20-15-25-21(28-20)16-26-22(23-3)24-12-6-14-27-13-5-4-7-18(27)2;/h8-11,15,18H,4-7,12-14,16H2,1-3H3,(H2,23,24,26);1H. The molecule has 1 atom stereocenters. The summed E-state index contributed by atoms with van der Waals surface area (Å²) in [6, 6.07) is 8.98. The van der Waals surface area contributed by atoms with Gasteiger partial charge in [-0.25, -0.2) is 4.98 Å². The minimum absolute atomic E-state index is 0. The van der Waals surface area contributed by atoms with Crippen LogP contribution in [0.3, 0.4) is 0 Å². The number of hydrogen-bond donors (Lipinski definition) is 2. The molecule has 1 saturated heterocycles. The van der Waals surface area contributed by atoms with Gasteiger partial charge in [0.2, 0.25) is 5.89 Å². The zero-order chi connectivity index (χ0) is 19.8. The lowest BCUT2D eigenvalue weighted by molar-refractivity contribution is 0.159. The molecule has 1 aliphatic rings. The molecule has 3 rings (SSSR count). The predicted molar refractivity (Wildman–Crippen MR) is 130 cm³/mol. The molecule has 29 heavy (non-hydrogen) atoms. The molecule has 6 nitrogen and oxygen atoms in total. The highest BCUT2D eigenvalue weighted by Gasteiger charge is 2.17. The molecule has 0 bridgehead atoms. The number of guanidine groups is 1. The zero-order valence-corrected chi connectivity index (χ0v) is 20.1. The van der Waals surface area contributed by atoms with E-state index in [0.29, 0.717) is 12.4 Å². The summed E-state index contributed by atoms with van der Waals surface area (Å²) in [5.41, 5.74) is 2.27. The lowest BCUT2D eigenvalue weighted by Gasteiger charge is -2.33. The maximum atomic E-state index is 5.86. The SMILES string of the molecule is CN=C(NCCCN1CCCCC1C)NCc1ncc(-c2ccc(C)cc2)o1.I. The van der Waals surface area contributed by atoms with Gasteiger partial charge in [-0.2, -0.15) is 0 Å². The first-order valence-electron chi connectivity index (χ1n) is 10.4. The van der Waals surface area contributed by atoms with Gasteiger partial charge in [-0.15, -0.1) is 24.0 Å². The largest absolute Gasteiger partial charge is 0.439 e. The fourth-order valence-corrected chi connectivity index (χ4v) is 3.60. The summed E-state index contributed by atoms with van der Waals surface area (Å²) in [4.78, 5) is 11.3. The predicted octanol–water partition coefficient (Wildman–Crippen LogP) is 4.20. The lowest BCUT2D eigenvalue weighted by atomic mass is 10.0. The highest BCUT2D eigenvalue weighted by Crippen LogP contribution is 2.20. The molecule has 2 aromatic rings. The Kier molecular flexibility index (Phi) is 9.93. The van der Waals surface area contributed by atoms with E-state index in [9.17, 15) is 0 Å². The van der Waals surface area contributed by atoms with Crippen molar-refractivity contribution in [2.45, 2.75) is 52.1 Å². The molecule has 1 unspecified atom stereocenters. The third kappa shape index (κ3) is 7.29. The quantitative estimate of drug-likeness (QED) is 0.253. The number of oxazole rings is 1. The second-order valence-electron chi connectivity index (χ2n) is 7.57. The van der Waals surface area contributed by atoms with Gasteiger partial charge < -0.3 is 20.0 Å². The van der Waals surface area contributed by atoms with Crippen molar-refractivity contribution < 1.29 is 4.42 Å². The van der Waals surface area contributed by atoms with Crippen molar-refractivity contribution in [2.24, 2.45) is 4.99 Å². The van der Waals surface area contributed by atoms with Crippen LogP contribution in [0.1, 0.15) is 44.1 Å². The summed E-state index contributed by atoms with van der Waals surface area (Å²) in [7, 11) is 1.79. The van der Waals surface area contributed by atoms with Crippen LogP contribution in [-0.2, 0) is 6.54 Å². The van der Waals surface area contributed by atoms with Gasteiger partial charge in [0.15, 0.2) is 11.7 Å². The number of aliphatic imine (C=N–C) groups is 1. The molecule has 1 aliphatic heterocycles. The Morgan fingerprint density at radius 1 is 1.24 bits per heavy atom. The van der Waals surface area contributed by atoms with Gasteiger partial charge in [0, 0.05) is 31.7 Å². The second kappa shape index (κ2) is 12.2. The summed E-state index contributed by atoms with van der Waals surface area (Å²) in [6.07, 6.45) is 6.93. The average molecular weight is 511 g/mol.